The van der Waals surface area contributed by atoms with Crippen molar-refractivity contribution >= 4 is 17.7 Å². The van der Waals surface area contributed by atoms with Crippen LogP contribution in [0.2, 0.25) is 0 Å². The van der Waals surface area contributed by atoms with Gasteiger partial charge in [-0.1, -0.05) is 6.92 Å². The van der Waals surface area contributed by atoms with E-state index in [1.54, 1.807) is 11.8 Å². The molecule has 0 fully saturated rings. The average molecular weight is 264 g/mol. The zero-order valence-electron chi connectivity index (χ0n) is 11.2. The van der Waals surface area contributed by atoms with Gasteiger partial charge in [-0.3, -0.25) is 4.79 Å². The average Bonchev–Trinajstić information content (AvgIpc) is 2.29. The molecule has 0 saturated carbocycles. The molecule has 0 spiro atoms. The summed E-state index contributed by atoms with van der Waals surface area (Å²) in [6, 6.07) is 0. The number of hydrogen-bond acceptors (Lipinski definition) is 5. The first-order chi connectivity index (χ1) is 8.13. The Morgan fingerprint density at radius 2 is 1.82 bits per heavy atom. The molecule has 0 saturated heterocycles. The van der Waals surface area contributed by atoms with E-state index in [1.807, 2.05) is 20.8 Å². The molecule has 0 aromatic heterocycles. The zero-order valence-corrected chi connectivity index (χ0v) is 12.0. The van der Waals surface area contributed by atoms with Crippen LogP contribution in [0, 0.1) is 0 Å². The van der Waals surface area contributed by atoms with Crippen molar-refractivity contribution in [3.63, 3.8) is 0 Å². The third-order valence-corrected chi connectivity index (χ3v) is 3.35. The fraction of sp³-hybridized carbons (Fsp3) is 0.917. The van der Waals surface area contributed by atoms with Crippen LogP contribution in [0.4, 0.5) is 0 Å². The Balaban J connectivity index is 3.67. The van der Waals surface area contributed by atoms with Crippen molar-refractivity contribution in [2.75, 3.05) is 26.1 Å². The molecule has 0 bridgehead atoms. The molecule has 0 radical (unpaired) electrons. The van der Waals surface area contributed by atoms with Crippen molar-refractivity contribution in [1.29, 1.82) is 0 Å². The lowest BCUT2D eigenvalue weighted by Crippen LogP contribution is -2.19. The monoisotopic (exact) mass is 264 g/mol. The second kappa shape index (κ2) is 10.9. The van der Waals surface area contributed by atoms with Crippen LogP contribution in [-0.2, 0) is 19.0 Å². The van der Waals surface area contributed by atoms with Crippen LogP contribution < -0.4 is 0 Å². The first-order valence-corrected chi connectivity index (χ1v) is 7.10. The summed E-state index contributed by atoms with van der Waals surface area (Å²) in [6.45, 7) is 7.26. The molecule has 1 unspecified atom stereocenters. The Labute approximate surface area is 108 Å². The number of thioether (sulfide) groups is 1. The van der Waals surface area contributed by atoms with Crippen molar-refractivity contribution in [2.24, 2.45) is 0 Å². The number of ether oxygens (including phenoxy) is 3. The van der Waals surface area contributed by atoms with Crippen LogP contribution in [0.3, 0.4) is 0 Å². The molecule has 102 valence electrons. The van der Waals surface area contributed by atoms with Gasteiger partial charge in [0.05, 0.1) is 13.5 Å². The summed E-state index contributed by atoms with van der Waals surface area (Å²) in [4.78, 5) is 11.0. The van der Waals surface area contributed by atoms with Crippen LogP contribution >= 0.6 is 11.8 Å². The van der Waals surface area contributed by atoms with Gasteiger partial charge in [-0.15, -0.1) is 0 Å². The minimum Gasteiger partial charge on any atom is -0.469 e. The van der Waals surface area contributed by atoms with Crippen LogP contribution in [0.5, 0.6) is 0 Å². The van der Waals surface area contributed by atoms with E-state index in [1.165, 1.54) is 7.11 Å². The molecule has 0 aromatic carbocycles. The number of esters is 1. The van der Waals surface area contributed by atoms with Gasteiger partial charge >= 0.3 is 5.97 Å². The van der Waals surface area contributed by atoms with E-state index in [4.69, 9.17) is 9.47 Å². The SMILES string of the molecule is CCOC(CCSC(C)CC(=O)OC)OCC. The molecule has 0 aromatic rings. The Hall–Kier alpha value is -0.260. The van der Waals surface area contributed by atoms with Gasteiger partial charge in [0.2, 0.25) is 0 Å². The van der Waals surface area contributed by atoms with Crippen molar-refractivity contribution in [3.05, 3.63) is 0 Å². The summed E-state index contributed by atoms with van der Waals surface area (Å²) in [6.07, 6.45) is 1.18. The molecule has 0 rings (SSSR count). The largest absolute Gasteiger partial charge is 0.469 e. The lowest BCUT2D eigenvalue weighted by atomic mass is 10.3. The van der Waals surface area contributed by atoms with E-state index in [2.05, 4.69) is 4.74 Å². The standard InChI is InChI=1S/C12H24O4S/c1-5-15-12(16-6-2)7-8-17-10(3)9-11(13)14-4/h10,12H,5-9H2,1-4H3. The predicted octanol–water partition coefficient (Wildman–Crippen LogP) is 2.46. The predicted molar refractivity (Wildman–Crippen MR) is 70.2 cm³/mol. The molecule has 1 atom stereocenters. The molecular weight excluding hydrogens is 240 g/mol. The normalized spacial score (nSPS) is 12.8. The number of methoxy groups -OCH3 is 1. The fourth-order valence-corrected chi connectivity index (χ4v) is 2.31. The zero-order chi connectivity index (χ0) is 13.1. The summed E-state index contributed by atoms with van der Waals surface area (Å²) in [5.74, 6) is 0.763. The molecule has 0 heterocycles. The number of carbonyl (C=O) groups is 1. The maximum Gasteiger partial charge on any atom is 0.306 e. The molecular formula is C12H24O4S. The van der Waals surface area contributed by atoms with Crippen molar-refractivity contribution in [2.45, 2.75) is 45.2 Å². The smallest absolute Gasteiger partial charge is 0.306 e. The van der Waals surface area contributed by atoms with E-state index in [0.29, 0.717) is 19.6 Å². The third-order valence-electron chi connectivity index (χ3n) is 2.14. The summed E-state index contributed by atoms with van der Waals surface area (Å²) in [5.41, 5.74) is 0. The van der Waals surface area contributed by atoms with Gasteiger partial charge in [0.1, 0.15) is 0 Å². The van der Waals surface area contributed by atoms with E-state index in [0.717, 1.165) is 12.2 Å². The highest BCUT2D eigenvalue weighted by atomic mass is 32.2. The second-order valence-electron chi connectivity index (χ2n) is 3.59. The lowest BCUT2D eigenvalue weighted by molar-refractivity contribution is -0.140. The topological polar surface area (TPSA) is 44.8 Å². The first-order valence-electron chi connectivity index (χ1n) is 6.05. The van der Waals surface area contributed by atoms with Gasteiger partial charge in [-0.05, 0) is 19.6 Å². The highest BCUT2D eigenvalue weighted by Crippen LogP contribution is 2.17. The minimum absolute atomic E-state index is 0.122. The minimum atomic E-state index is -0.156. The van der Waals surface area contributed by atoms with Crippen molar-refractivity contribution < 1.29 is 19.0 Å². The number of carbonyl (C=O) groups excluding carboxylic acids is 1. The summed E-state index contributed by atoms with van der Waals surface area (Å²) >= 11 is 1.74. The molecule has 0 aliphatic heterocycles. The van der Waals surface area contributed by atoms with Gasteiger partial charge in [-0.25, -0.2) is 0 Å². The van der Waals surface area contributed by atoms with E-state index in [-0.39, 0.29) is 17.5 Å². The molecule has 0 N–H and O–H groups in total. The molecule has 0 aliphatic carbocycles. The first kappa shape index (κ1) is 16.7. The van der Waals surface area contributed by atoms with E-state index >= 15 is 0 Å². The van der Waals surface area contributed by atoms with Gasteiger partial charge in [-0.2, -0.15) is 11.8 Å². The number of hydrogen-bond donors (Lipinski definition) is 0. The quantitative estimate of drug-likeness (QED) is 0.448. The van der Waals surface area contributed by atoms with Crippen molar-refractivity contribution in [1.82, 2.24) is 0 Å². The Morgan fingerprint density at radius 1 is 1.24 bits per heavy atom. The van der Waals surface area contributed by atoms with Crippen LogP contribution in [0.25, 0.3) is 0 Å². The molecule has 5 heteroatoms. The molecule has 4 nitrogen and oxygen atoms in total. The molecule has 0 aliphatic rings. The van der Waals surface area contributed by atoms with Gasteiger partial charge in [0, 0.05) is 24.9 Å². The third kappa shape index (κ3) is 9.44. The molecule has 17 heavy (non-hydrogen) atoms. The highest BCUT2D eigenvalue weighted by molar-refractivity contribution is 7.99. The summed E-state index contributed by atoms with van der Waals surface area (Å²) < 4.78 is 15.5. The number of rotatable bonds is 10. The fourth-order valence-electron chi connectivity index (χ4n) is 1.33. The van der Waals surface area contributed by atoms with Crippen LogP contribution in [-0.4, -0.2) is 43.6 Å². The second-order valence-corrected chi connectivity index (χ2v) is 5.14. The summed E-state index contributed by atoms with van der Waals surface area (Å²) in [7, 11) is 1.42. The van der Waals surface area contributed by atoms with Crippen LogP contribution in [0.1, 0.15) is 33.6 Å². The Bertz CT molecular complexity index is 193. The Morgan fingerprint density at radius 3 is 2.29 bits per heavy atom. The lowest BCUT2D eigenvalue weighted by Gasteiger charge is -2.17. The van der Waals surface area contributed by atoms with E-state index < -0.39 is 0 Å². The van der Waals surface area contributed by atoms with E-state index in [9.17, 15) is 4.79 Å². The highest BCUT2D eigenvalue weighted by Gasteiger charge is 2.12. The van der Waals surface area contributed by atoms with Crippen molar-refractivity contribution in [3.8, 4) is 0 Å². The Kier molecular flexibility index (Phi) is 10.7. The van der Waals surface area contributed by atoms with Crippen LogP contribution in [0.15, 0.2) is 0 Å². The summed E-state index contributed by atoms with van der Waals surface area (Å²) in [5, 5.41) is 0.270. The van der Waals surface area contributed by atoms with Gasteiger partial charge < -0.3 is 14.2 Å². The molecule has 0 amide bonds. The van der Waals surface area contributed by atoms with Gasteiger partial charge in [0.15, 0.2) is 6.29 Å². The maximum atomic E-state index is 11.0. The van der Waals surface area contributed by atoms with Gasteiger partial charge in [0.25, 0.3) is 0 Å². The maximum absolute atomic E-state index is 11.0.